The first-order valence-corrected chi connectivity index (χ1v) is 10.3. The Kier molecular flexibility index (Phi) is 4.94. The minimum atomic E-state index is -3.69. The first-order chi connectivity index (χ1) is 13.4. The molecule has 2 aromatic carbocycles. The molecule has 0 bridgehead atoms. The summed E-state index contributed by atoms with van der Waals surface area (Å²) in [6.45, 7) is 0.631. The lowest BCUT2D eigenvalue weighted by Gasteiger charge is -2.30. The molecular weight excluding hydrogens is 387 g/mol. The highest BCUT2D eigenvalue weighted by Crippen LogP contribution is 2.34. The Morgan fingerprint density at radius 3 is 2.43 bits per heavy atom. The number of carbonyl (C=O) groups excluding carboxylic acids is 1. The number of nitrogens with one attached hydrogen (secondary N) is 1. The van der Waals surface area contributed by atoms with E-state index < -0.39 is 15.8 Å². The Morgan fingerprint density at radius 1 is 1.04 bits per heavy atom. The summed E-state index contributed by atoms with van der Waals surface area (Å²) in [6, 6.07) is 9.92. The van der Waals surface area contributed by atoms with Crippen molar-refractivity contribution < 1.29 is 27.1 Å². The molecule has 148 valence electrons. The van der Waals surface area contributed by atoms with Crippen molar-refractivity contribution in [3.8, 4) is 11.5 Å². The van der Waals surface area contributed by atoms with E-state index in [1.165, 1.54) is 16.4 Å². The molecule has 9 heteroatoms. The highest BCUT2D eigenvalue weighted by molar-refractivity contribution is 7.89. The predicted octanol–water partition coefficient (Wildman–Crippen LogP) is 2.59. The van der Waals surface area contributed by atoms with Crippen molar-refractivity contribution in [1.82, 2.24) is 4.31 Å². The highest BCUT2D eigenvalue weighted by atomic mass is 32.2. The first-order valence-electron chi connectivity index (χ1n) is 8.90. The van der Waals surface area contributed by atoms with E-state index in [0.717, 1.165) is 12.1 Å². The molecule has 0 saturated carbocycles. The van der Waals surface area contributed by atoms with Crippen LogP contribution in [0.2, 0.25) is 0 Å². The molecule has 1 amide bonds. The second-order valence-electron chi connectivity index (χ2n) is 6.69. The number of sulfonamides is 1. The van der Waals surface area contributed by atoms with Crippen molar-refractivity contribution in [2.24, 2.45) is 5.92 Å². The number of carbonyl (C=O) groups is 1. The molecule has 4 rings (SSSR count). The minimum Gasteiger partial charge on any atom is -0.454 e. The van der Waals surface area contributed by atoms with E-state index in [1.807, 2.05) is 0 Å². The Labute approximate surface area is 162 Å². The summed E-state index contributed by atoms with van der Waals surface area (Å²) in [5, 5.41) is 2.85. The van der Waals surface area contributed by atoms with Crippen molar-refractivity contribution in [1.29, 1.82) is 0 Å². The number of nitrogens with zero attached hydrogens (tertiary/aromatic N) is 1. The van der Waals surface area contributed by atoms with Crippen LogP contribution in [0.3, 0.4) is 0 Å². The van der Waals surface area contributed by atoms with E-state index in [0.29, 0.717) is 30.0 Å². The summed E-state index contributed by atoms with van der Waals surface area (Å²) in [5.41, 5.74) is 0.607. The third-order valence-corrected chi connectivity index (χ3v) is 6.83. The van der Waals surface area contributed by atoms with Crippen molar-refractivity contribution in [3.05, 3.63) is 48.3 Å². The maximum absolute atomic E-state index is 13.0. The SMILES string of the molecule is O=C(Nc1ccc2c(c1)OCO2)C1CCN(S(=O)(=O)c2ccc(F)cc2)CC1. The Hall–Kier alpha value is -2.65. The molecule has 0 radical (unpaired) electrons. The second kappa shape index (κ2) is 7.40. The van der Waals surface area contributed by atoms with E-state index in [2.05, 4.69) is 5.32 Å². The molecule has 2 aliphatic rings. The molecule has 2 heterocycles. The lowest BCUT2D eigenvalue weighted by atomic mass is 9.97. The maximum Gasteiger partial charge on any atom is 0.243 e. The highest BCUT2D eigenvalue weighted by Gasteiger charge is 2.32. The zero-order chi connectivity index (χ0) is 19.7. The molecule has 2 aliphatic heterocycles. The number of hydrogen-bond acceptors (Lipinski definition) is 5. The molecule has 2 aromatic rings. The average molecular weight is 406 g/mol. The van der Waals surface area contributed by atoms with Crippen LogP contribution < -0.4 is 14.8 Å². The van der Waals surface area contributed by atoms with Gasteiger partial charge in [-0.25, -0.2) is 12.8 Å². The fraction of sp³-hybridized carbons (Fsp3) is 0.316. The van der Waals surface area contributed by atoms with Crippen molar-refractivity contribution in [2.75, 3.05) is 25.2 Å². The zero-order valence-electron chi connectivity index (χ0n) is 14.9. The van der Waals surface area contributed by atoms with Crippen LogP contribution in [0.15, 0.2) is 47.4 Å². The summed E-state index contributed by atoms with van der Waals surface area (Å²) in [5.74, 6) is 0.288. The topological polar surface area (TPSA) is 84.9 Å². The van der Waals surface area contributed by atoms with Gasteiger partial charge in [0.05, 0.1) is 4.90 Å². The van der Waals surface area contributed by atoms with Gasteiger partial charge in [-0.2, -0.15) is 4.31 Å². The first kappa shape index (κ1) is 18.7. The molecule has 1 fully saturated rings. The number of piperidine rings is 1. The summed E-state index contributed by atoms with van der Waals surface area (Å²) < 4.78 is 50.2. The molecule has 1 N–H and O–H groups in total. The quantitative estimate of drug-likeness (QED) is 0.844. The molecule has 0 aromatic heterocycles. The minimum absolute atomic E-state index is 0.0529. The lowest BCUT2D eigenvalue weighted by molar-refractivity contribution is -0.120. The molecule has 1 saturated heterocycles. The standard InChI is InChI=1S/C19H19FN2O5S/c20-14-1-4-16(5-2-14)28(24,25)22-9-7-13(8-10-22)19(23)21-15-3-6-17-18(11-15)27-12-26-17/h1-6,11,13H,7-10,12H2,(H,21,23). The summed E-state index contributed by atoms with van der Waals surface area (Å²) in [7, 11) is -3.69. The number of halogens is 1. The van der Waals surface area contributed by atoms with Crippen LogP contribution in [0, 0.1) is 11.7 Å². The van der Waals surface area contributed by atoms with Gasteiger partial charge in [-0.15, -0.1) is 0 Å². The number of amides is 1. The van der Waals surface area contributed by atoms with Crippen LogP contribution in [0.25, 0.3) is 0 Å². The van der Waals surface area contributed by atoms with Crippen LogP contribution in [-0.2, 0) is 14.8 Å². The third-order valence-electron chi connectivity index (χ3n) is 4.92. The molecule has 0 spiro atoms. The average Bonchev–Trinajstić information content (AvgIpc) is 3.16. The monoisotopic (exact) mass is 406 g/mol. The Balaban J connectivity index is 1.37. The van der Waals surface area contributed by atoms with Gasteiger partial charge < -0.3 is 14.8 Å². The van der Waals surface area contributed by atoms with Crippen molar-refractivity contribution >= 4 is 21.6 Å². The van der Waals surface area contributed by atoms with Crippen molar-refractivity contribution in [2.45, 2.75) is 17.7 Å². The van der Waals surface area contributed by atoms with Gasteiger partial charge in [0.2, 0.25) is 22.7 Å². The molecular formula is C19H19FN2O5S. The fourth-order valence-electron chi connectivity index (χ4n) is 3.33. The van der Waals surface area contributed by atoms with Crippen LogP contribution in [0.4, 0.5) is 10.1 Å². The van der Waals surface area contributed by atoms with Crippen LogP contribution in [0.5, 0.6) is 11.5 Å². The Bertz CT molecular complexity index is 986. The molecule has 7 nitrogen and oxygen atoms in total. The van der Waals surface area contributed by atoms with Crippen molar-refractivity contribution in [3.63, 3.8) is 0 Å². The second-order valence-corrected chi connectivity index (χ2v) is 8.63. The summed E-state index contributed by atoms with van der Waals surface area (Å²) in [6.07, 6.45) is 0.827. The van der Waals surface area contributed by atoms with Gasteiger partial charge in [0.15, 0.2) is 11.5 Å². The Morgan fingerprint density at radius 2 is 1.71 bits per heavy atom. The van der Waals surface area contributed by atoms with E-state index >= 15 is 0 Å². The van der Waals surface area contributed by atoms with Crippen LogP contribution in [-0.4, -0.2) is 38.5 Å². The van der Waals surface area contributed by atoms with E-state index in [9.17, 15) is 17.6 Å². The summed E-state index contributed by atoms with van der Waals surface area (Å²) in [4.78, 5) is 12.6. The van der Waals surface area contributed by atoms with E-state index in [1.54, 1.807) is 18.2 Å². The molecule has 0 unspecified atom stereocenters. The van der Waals surface area contributed by atoms with Gasteiger partial charge in [-0.05, 0) is 49.2 Å². The maximum atomic E-state index is 13.0. The van der Waals surface area contributed by atoms with Gasteiger partial charge in [-0.1, -0.05) is 0 Å². The summed E-state index contributed by atoms with van der Waals surface area (Å²) >= 11 is 0. The van der Waals surface area contributed by atoms with E-state index in [-0.39, 0.29) is 36.6 Å². The van der Waals surface area contributed by atoms with Gasteiger partial charge in [0.25, 0.3) is 0 Å². The van der Waals surface area contributed by atoms with Gasteiger partial charge in [0, 0.05) is 30.8 Å². The predicted molar refractivity (Wildman–Crippen MR) is 99.1 cm³/mol. The lowest BCUT2D eigenvalue weighted by Crippen LogP contribution is -2.41. The number of ether oxygens (including phenoxy) is 2. The number of fused-ring (bicyclic) bond motifs is 1. The normalized spacial score (nSPS) is 17.5. The fourth-order valence-corrected chi connectivity index (χ4v) is 4.80. The van der Waals surface area contributed by atoms with Gasteiger partial charge >= 0.3 is 0 Å². The molecule has 0 atom stereocenters. The van der Waals surface area contributed by atoms with E-state index in [4.69, 9.17) is 9.47 Å². The number of benzene rings is 2. The molecule has 0 aliphatic carbocycles. The third kappa shape index (κ3) is 3.67. The zero-order valence-corrected chi connectivity index (χ0v) is 15.7. The number of rotatable bonds is 4. The number of anilines is 1. The van der Waals surface area contributed by atoms with Gasteiger partial charge in [0.1, 0.15) is 5.82 Å². The van der Waals surface area contributed by atoms with Crippen LogP contribution in [0.1, 0.15) is 12.8 Å². The molecule has 28 heavy (non-hydrogen) atoms. The number of hydrogen-bond donors (Lipinski definition) is 1. The van der Waals surface area contributed by atoms with Gasteiger partial charge in [-0.3, -0.25) is 4.79 Å². The smallest absolute Gasteiger partial charge is 0.243 e. The van der Waals surface area contributed by atoms with Crippen LogP contribution >= 0.6 is 0 Å². The largest absolute Gasteiger partial charge is 0.454 e.